The van der Waals surface area contributed by atoms with Crippen LogP contribution in [0.3, 0.4) is 0 Å². The number of hydrogen-bond acceptors (Lipinski definition) is 6. The molecular formula is C26H24ClN5O3. The van der Waals surface area contributed by atoms with Crippen LogP contribution in [0.5, 0.6) is 11.5 Å². The van der Waals surface area contributed by atoms with Gasteiger partial charge in [0.15, 0.2) is 16.9 Å². The summed E-state index contributed by atoms with van der Waals surface area (Å²) in [6, 6.07) is 15.3. The van der Waals surface area contributed by atoms with E-state index in [2.05, 4.69) is 38.9 Å². The highest BCUT2D eigenvalue weighted by Gasteiger charge is 2.17. The van der Waals surface area contributed by atoms with E-state index in [-0.39, 0.29) is 5.91 Å². The number of benzene rings is 2. The molecule has 3 heterocycles. The third-order valence-electron chi connectivity index (χ3n) is 5.67. The van der Waals surface area contributed by atoms with Crippen LogP contribution in [0.1, 0.15) is 5.56 Å². The Bertz CT molecular complexity index is 1360. The van der Waals surface area contributed by atoms with Crippen LogP contribution in [0.25, 0.3) is 22.6 Å². The highest BCUT2D eigenvalue weighted by Crippen LogP contribution is 2.36. The molecular weight excluding hydrogens is 466 g/mol. The number of pyridine rings is 1. The summed E-state index contributed by atoms with van der Waals surface area (Å²) in [6.07, 6.45) is 2.73. The Kier molecular flexibility index (Phi) is 6.76. The summed E-state index contributed by atoms with van der Waals surface area (Å²) in [5.74, 6) is 1.25. The van der Waals surface area contributed by atoms with Gasteiger partial charge in [-0.1, -0.05) is 48.5 Å². The molecule has 0 bridgehead atoms. The van der Waals surface area contributed by atoms with Gasteiger partial charge in [-0.15, -0.1) is 0 Å². The van der Waals surface area contributed by atoms with E-state index in [1.165, 1.54) is 17.8 Å². The maximum absolute atomic E-state index is 11.6. The fraction of sp³-hybridized carbons (Fsp3) is 0.192. The summed E-state index contributed by atoms with van der Waals surface area (Å²) in [6.45, 7) is 7.82. The van der Waals surface area contributed by atoms with Crippen LogP contribution in [-0.4, -0.2) is 52.1 Å². The average Bonchev–Trinajstić information content (AvgIpc) is 3.32. The van der Waals surface area contributed by atoms with Crippen molar-refractivity contribution < 1.29 is 14.3 Å². The van der Waals surface area contributed by atoms with Gasteiger partial charge in [0.2, 0.25) is 5.91 Å². The molecule has 2 aromatic carbocycles. The van der Waals surface area contributed by atoms with Crippen molar-refractivity contribution in [3.05, 3.63) is 78.0 Å². The Morgan fingerprint density at radius 3 is 2.80 bits per heavy atom. The summed E-state index contributed by atoms with van der Waals surface area (Å²) < 4.78 is 11.5. The Hall–Kier alpha value is -3.72. The predicted octanol–water partition coefficient (Wildman–Crippen LogP) is 5.03. The molecule has 0 aliphatic carbocycles. The Labute approximate surface area is 207 Å². The molecule has 0 unspecified atom stereocenters. The number of ether oxygens (including phenoxy) is 2. The number of carbonyl (C=O) groups is 1. The average molecular weight is 490 g/mol. The first-order valence-corrected chi connectivity index (χ1v) is 11.6. The van der Waals surface area contributed by atoms with Crippen LogP contribution >= 0.6 is 11.6 Å². The van der Waals surface area contributed by atoms with Crippen molar-refractivity contribution in [2.24, 2.45) is 0 Å². The first-order chi connectivity index (χ1) is 17.1. The molecule has 0 radical (unpaired) electrons. The maximum Gasteiger partial charge on any atom is 0.247 e. The first-order valence-electron chi connectivity index (χ1n) is 11.2. The predicted molar refractivity (Wildman–Crippen MR) is 136 cm³/mol. The minimum absolute atomic E-state index is 0.306. The van der Waals surface area contributed by atoms with Crippen LogP contribution in [0.15, 0.2) is 67.4 Å². The van der Waals surface area contributed by atoms with Crippen molar-refractivity contribution >= 4 is 34.4 Å². The fourth-order valence-corrected chi connectivity index (χ4v) is 4.05. The smallest absolute Gasteiger partial charge is 0.247 e. The third-order valence-corrected chi connectivity index (χ3v) is 5.94. The van der Waals surface area contributed by atoms with E-state index in [9.17, 15) is 4.79 Å². The largest absolute Gasteiger partial charge is 0.453 e. The number of amides is 1. The normalized spacial score (nSPS) is 14.1. The zero-order chi connectivity index (χ0) is 24.2. The first kappa shape index (κ1) is 23.0. The molecule has 1 amide bonds. The molecule has 35 heavy (non-hydrogen) atoms. The number of fused-ring (bicyclic) bond motifs is 1. The monoisotopic (exact) mass is 489 g/mol. The second-order valence-electron chi connectivity index (χ2n) is 8.13. The van der Waals surface area contributed by atoms with Gasteiger partial charge in [0.1, 0.15) is 16.6 Å². The zero-order valence-electron chi connectivity index (χ0n) is 19.0. The molecule has 2 aromatic heterocycles. The molecule has 1 aliphatic rings. The van der Waals surface area contributed by atoms with Gasteiger partial charge in [-0.3, -0.25) is 9.69 Å². The van der Waals surface area contributed by atoms with Crippen molar-refractivity contribution in [3.63, 3.8) is 0 Å². The summed E-state index contributed by atoms with van der Waals surface area (Å²) >= 11 is 6.43. The van der Waals surface area contributed by atoms with E-state index in [0.29, 0.717) is 39.2 Å². The van der Waals surface area contributed by atoms with Crippen molar-refractivity contribution in [2.75, 3.05) is 31.6 Å². The van der Waals surface area contributed by atoms with Gasteiger partial charge in [0.05, 0.1) is 19.4 Å². The van der Waals surface area contributed by atoms with Gasteiger partial charge in [-0.2, -0.15) is 0 Å². The fourth-order valence-electron chi connectivity index (χ4n) is 3.88. The maximum atomic E-state index is 11.6. The summed E-state index contributed by atoms with van der Waals surface area (Å²) in [5, 5.41) is 3.04. The number of anilines is 1. The van der Waals surface area contributed by atoms with Gasteiger partial charge in [0.25, 0.3) is 0 Å². The molecule has 8 nitrogen and oxygen atoms in total. The number of carbonyl (C=O) groups excluding carboxylic acids is 1. The number of nitrogens with one attached hydrogen (secondary N) is 2. The lowest BCUT2D eigenvalue weighted by atomic mass is 10.1. The molecule has 4 aromatic rings. The molecule has 1 aliphatic heterocycles. The molecule has 1 fully saturated rings. The topological polar surface area (TPSA) is 92.4 Å². The third kappa shape index (κ3) is 5.35. The molecule has 9 heteroatoms. The SMILES string of the molecule is C=CC(=O)Nc1cccc(Oc2c(Cl)cnc3[nH]c(-c4ccc(CN5CCOCC5)cc4)nc23)c1. The van der Waals surface area contributed by atoms with Crippen LogP contribution in [-0.2, 0) is 16.1 Å². The number of aromatic nitrogens is 3. The number of rotatable bonds is 7. The number of hydrogen-bond donors (Lipinski definition) is 2. The highest BCUT2D eigenvalue weighted by molar-refractivity contribution is 6.32. The van der Waals surface area contributed by atoms with Gasteiger partial charge in [-0.05, 0) is 23.8 Å². The Morgan fingerprint density at radius 1 is 1.23 bits per heavy atom. The number of nitrogens with zero attached hydrogens (tertiary/aromatic N) is 3. The Balaban J connectivity index is 1.39. The molecule has 0 spiro atoms. The summed E-state index contributed by atoms with van der Waals surface area (Å²) in [4.78, 5) is 26.4. The van der Waals surface area contributed by atoms with E-state index in [1.54, 1.807) is 24.3 Å². The van der Waals surface area contributed by atoms with Gasteiger partial charge < -0.3 is 19.8 Å². The van der Waals surface area contributed by atoms with Gasteiger partial charge in [-0.25, -0.2) is 9.97 Å². The van der Waals surface area contributed by atoms with Crippen LogP contribution < -0.4 is 10.1 Å². The van der Waals surface area contributed by atoms with Crippen LogP contribution in [0.2, 0.25) is 5.02 Å². The number of H-pyrrole nitrogens is 1. The second kappa shape index (κ2) is 10.3. The van der Waals surface area contributed by atoms with E-state index in [4.69, 9.17) is 26.1 Å². The molecule has 5 rings (SSSR count). The minimum Gasteiger partial charge on any atom is -0.453 e. The molecule has 0 saturated carbocycles. The standard InChI is InChI=1S/C26H24ClN5O3/c1-2-22(33)29-19-4-3-5-20(14-19)35-24-21(27)15-28-26-23(24)30-25(31-26)18-8-6-17(7-9-18)16-32-10-12-34-13-11-32/h2-9,14-15H,1,10-13,16H2,(H,29,33)(H,28,30,31). The number of aromatic amines is 1. The number of imidazole rings is 1. The van der Waals surface area contributed by atoms with E-state index < -0.39 is 0 Å². The van der Waals surface area contributed by atoms with E-state index in [0.717, 1.165) is 38.4 Å². The molecule has 178 valence electrons. The zero-order valence-corrected chi connectivity index (χ0v) is 19.7. The second-order valence-corrected chi connectivity index (χ2v) is 8.53. The van der Waals surface area contributed by atoms with Gasteiger partial charge >= 0.3 is 0 Å². The van der Waals surface area contributed by atoms with Gasteiger partial charge in [0, 0.05) is 37.0 Å². The Morgan fingerprint density at radius 2 is 2.03 bits per heavy atom. The number of morpholine rings is 1. The van der Waals surface area contributed by atoms with E-state index in [1.807, 2.05) is 12.1 Å². The molecule has 2 N–H and O–H groups in total. The van der Waals surface area contributed by atoms with Crippen LogP contribution in [0.4, 0.5) is 5.69 Å². The van der Waals surface area contributed by atoms with Crippen molar-refractivity contribution in [1.82, 2.24) is 19.9 Å². The lowest BCUT2D eigenvalue weighted by Crippen LogP contribution is -2.35. The molecule has 1 saturated heterocycles. The summed E-state index contributed by atoms with van der Waals surface area (Å²) in [5.41, 5.74) is 3.83. The minimum atomic E-state index is -0.306. The van der Waals surface area contributed by atoms with Crippen molar-refractivity contribution in [1.29, 1.82) is 0 Å². The lowest BCUT2D eigenvalue weighted by Gasteiger charge is -2.26. The van der Waals surface area contributed by atoms with E-state index >= 15 is 0 Å². The van der Waals surface area contributed by atoms with Crippen molar-refractivity contribution in [3.8, 4) is 22.9 Å². The number of halogens is 1. The van der Waals surface area contributed by atoms with Crippen molar-refractivity contribution in [2.45, 2.75) is 6.54 Å². The molecule has 0 atom stereocenters. The van der Waals surface area contributed by atoms with Crippen LogP contribution in [0, 0.1) is 0 Å². The lowest BCUT2D eigenvalue weighted by molar-refractivity contribution is -0.111. The highest BCUT2D eigenvalue weighted by atomic mass is 35.5. The quantitative estimate of drug-likeness (QED) is 0.354. The summed E-state index contributed by atoms with van der Waals surface area (Å²) in [7, 11) is 0.